The van der Waals surface area contributed by atoms with Crippen molar-refractivity contribution in [2.24, 2.45) is 5.41 Å². The summed E-state index contributed by atoms with van der Waals surface area (Å²) in [6.45, 7) is 40.4. The van der Waals surface area contributed by atoms with E-state index >= 15 is 0 Å². The smallest absolute Gasteiger partial charge is 0.388 e. The van der Waals surface area contributed by atoms with Crippen LogP contribution in [0.5, 0.6) is 0 Å². The number of allylic oxidation sites excluding steroid dienone is 3. The van der Waals surface area contributed by atoms with Crippen LogP contribution in [0.3, 0.4) is 0 Å². The van der Waals surface area contributed by atoms with Gasteiger partial charge in [-0.1, -0.05) is 251 Å². The molecule has 1 aliphatic carbocycles. The van der Waals surface area contributed by atoms with Crippen molar-refractivity contribution in [3.8, 4) is 11.1 Å². The fourth-order valence-electron chi connectivity index (χ4n) is 3.64. The van der Waals surface area contributed by atoms with E-state index in [4.69, 9.17) is 0 Å². The minimum atomic E-state index is -4.89. The average Bonchev–Trinajstić information content (AvgIpc) is 3.29. The zero-order valence-electron chi connectivity index (χ0n) is 46.9. The van der Waals surface area contributed by atoms with E-state index in [0.29, 0.717) is 29.0 Å². The molecular formula is C58H114F6OSSi. The highest BCUT2D eigenvalue weighted by molar-refractivity contribution is 7.97. The summed E-state index contributed by atoms with van der Waals surface area (Å²) in [4.78, 5) is 0. The van der Waals surface area contributed by atoms with Gasteiger partial charge in [0, 0.05) is 23.7 Å². The standard InChI is InChI=1S/C14H14.C8H16.C7H8.C4H3F5.C4H8.2C3H8.C2H6O.C2H6S.C2H8Si.3C2H6.CH3F.2CH4/c1-11-3-7-13(8-4-11)14-9-5-12(2)6-10-14;1-8(2)6-4-3-5-7-8;1-7-5-3-2-4-6-7;1-2(3(5)6)4(7,8)9;1-3-4-2;5*1-3-2;4*1-2;;/h3-10H,1-2H3;3-7H2,1-2H3;2-6H,1H3;1H3;3-4H,1-2H3;2*3H2,1-2H3;2*1-2H3;3H2,1-2H3;3*1-2H3;1H3;2*1H4. The van der Waals surface area contributed by atoms with Gasteiger partial charge in [0.2, 0.25) is 0 Å². The molecule has 404 valence electrons. The second kappa shape index (κ2) is 80.3. The Morgan fingerprint density at radius 1 is 0.612 bits per heavy atom. The maximum atomic E-state index is 11.2. The first-order chi connectivity index (χ1) is 30.7. The quantitative estimate of drug-likeness (QED) is 0.136. The Kier molecular flexibility index (Phi) is 113. The summed E-state index contributed by atoms with van der Waals surface area (Å²) in [5, 5.41) is 0. The zero-order chi connectivity index (χ0) is 53.7. The first-order valence-corrected chi connectivity index (χ1v) is 28.2. The van der Waals surface area contributed by atoms with Gasteiger partial charge in [-0.05, 0) is 83.4 Å². The Balaban J connectivity index is -0.0000000516. The van der Waals surface area contributed by atoms with Crippen molar-refractivity contribution in [2.75, 3.05) is 33.9 Å². The lowest BCUT2D eigenvalue weighted by atomic mass is 9.78. The Morgan fingerprint density at radius 2 is 0.836 bits per heavy atom. The molecule has 0 saturated heterocycles. The second-order valence-electron chi connectivity index (χ2n) is 14.1. The Labute approximate surface area is 424 Å². The van der Waals surface area contributed by atoms with E-state index in [9.17, 15) is 26.3 Å². The van der Waals surface area contributed by atoms with E-state index < -0.39 is 17.8 Å². The lowest BCUT2D eigenvalue weighted by Gasteiger charge is -2.28. The summed E-state index contributed by atoms with van der Waals surface area (Å²) >= 11 is 1.75. The largest absolute Gasteiger partial charge is 0.417 e. The van der Waals surface area contributed by atoms with Crippen molar-refractivity contribution in [2.45, 2.75) is 204 Å². The van der Waals surface area contributed by atoms with Crippen LogP contribution < -0.4 is 0 Å². The van der Waals surface area contributed by atoms with Crippen LogP contribution in [0.15, 0.2) is 103 Å². The van der Waals surface area contributed by atoms with Crippen LogP contribution in [0.1, 0.15) is 180 Å². The Morgan fingerprint density at radius 3 is 0.955 bits per heavy atom. The molecule has 3 aromatic carbocycles. The molecular weight excluding hydrogens is 887 g/mol. The number of ether oxygens (including phenoxy) is 1. The van der Waals surface area contributed by atoms with Crippen LogP contribution in [0.4, 0.5) is 26.3 Å². The molecule has 4 rings (SSSR count). The number of hydrogen-bond donors (Lipinski definition) is 0. The molecule has 1 fully saturated rings. The van der Waals surface area contributed by atoms with Gasteiger partial charge in [0.05, 0.1) is 12.8 Å². The maximum absolute atomic E-state index is 11.2. The van der Waals surface area contributed by atoms with Gasteiger partial charge in [-0.15, -0.1) is 0 Å². The van der Waals surface area contributed by atoms with Gasteiger partial charge in [-0.25, -0.2) is 0 Å². The topological polar surface area (TPSA) is 9.23 Å². The van der Waals surface area contributed by atoms with Gasteiger partial charge in [0.15, 0.2) is 0 Å². The predicted molar refractivity (Wildman–Crippen MR) is 310 cm³/mol. The fraction of sp³-hybridized carbons (Fsp3) is 0.621. The van der Waals surface area contributed by atoms with Crippen molar-refractivity contribution in [3.63, 3.8) is 0 Å². The van der Waals surface area contributed by atoms with Crippen molar-refractivity contribution >= 4 is 21.3 Å². The molecule has 0 atom stereocenters. The monoisotopic (exact) mass is 1000 g/mol. The molecule has 9 heteroatoms. The average molecular weight is 1000 g/mol. The normalized spacial score (nSPS) is 10.1. The first kappa shape index (κ1) is 94.1. The van der Waals surface area contributed by atoms with E-state index in [1.54, 1.807) is 26.0 Å². The van der Waals surface area contributed by atoms with Crippen LogP contribution in [0.25, 0.3) is 11.1 Å². The van der Waals surface area contributed by atoms with Crippen LogP contribution in [0.2, 0.25) is 13.1 Å². The van der Waals surface area contributed by atoms with Gasteiger partial charge in [-0.3, -0.25) is 4.39 Å². The summed E-state index contributed by atoms with van der Waals surface area (Å²) in [6, 6.07) is 27.5. The number of benzene rings is 3. The van der Waals surface area contributed by atoms with Crippen LogP contribution in [-0.2, 0) is 4.74 Å². The third-order valence-corrected chi connectivity index (χ3v) is 6.63. The van der Waals surface area contributed by atoms with E-state index in [1.165, 1.54) is 72.8 Å². The number of thioether (sulfide) groups is 1. The summed E-state index contributed by atoms with van der Waals surface area (Å²) in [7, 11) is 4.17. The first-order valence-electron chi connectivity index (χ1n) is 23.7. The van der Waals surface area contributed by atoms with E-state index in [2.05, 4.69) is 141 Å². The summed E-state index contributed by atoms with van der Waals surface area (Å²) < 4.78 is 69.4. The Hall–Kier alpha value is -2.75. The summed E-state index contributed by atoms with van der Waals surface area (Å²) in [6.07, 6.45) is 10.3. The van der Waals surface area contributed by atoms with Crippen LogP contribution in [0, 0.1) is 26.2 Å². The minimum Gasteiger partial charge on any atom is -0.388 e. The SMILES string of the molecule is C.C.CC.CC.CC.CC(=C(F)F)C(F)(F)F.CC1(C)CCCCC1.CC=CC.CCC.CCC.CF.COC.CSC.C[SiH2]C.Cc1ccc(-c2ccc(C)cc2)cc1.Cc1ccccc1. The number of alkyl halides is 4. The van der Waals surface area contributed by atoms with Crippen molar-refractivity contribution < 1.29 is 31.1 Å². The third-order valence-electron chi connectivity index (χ3n) is 6.63. The maximum Gasteiger partial charge on any atom is 0.417 e. The highest BCUT2D eigenvalue weighted by atomic mass is 32.2. The van der Waals surface area contributed by atoms with Gasteiger partial charge in [-0.2, -0.15) is 33.7 Å². The molecule has 0 bridgehead atoms. The molecule has 0 aliphatic heterocycles. The molecule has 0 radical (unpaired) electrons. The second-order valence-corrected chi connectivity index (χ2v) is 16.3. The highest BCUT2D eigenvalue weighted by Gasteiger charge is 2.33. The van der Waals surface area contributed by atoms with E-state index in [1.807, 2.05) is 98.3 Å². The molecule has 3 aromatic rings. The van der Waals surface area contributed by atoms with Crippen molar-refractivity contribution in [3.05, 3.63) is 119 Å². The van der Waals surface area contributed by atoms with Crippen molar-refractivity contribution in [1.29, 1.82) is 0 Å². The molecule has 0 amide bonds. The number of hydrogen-bond acceptors (Lipinski definition) is 2. The molecule has 0 unspecified atom stereocenters. The van der Waals surface area contributed by atoms with Crippen LogP contribution >= 0.6 is 11.8 Å². The third kappa shape index (κ3) is 94.0. The zero-order valence-corrected chi connectivity index (χ0v) is 49.1. The van der Waals surface area contributed by atoms with Gasteiger partial charge >= 0.3 is 6.18 Å². The molecule has 1 nitrogen and oxygen atoms in total. The van der Waals surface area contributed by atoms with Gasteiger partial charge in [0.1, 0.15) is 0 Å². The predicted octanol–water partition coefficient (Wildman–Crippen LogP) is 22.5. The molecule has 0 N–H and O–H groups in total. The number of rotatable bonds is 1. The fourth-order valence-corrected chi connectivity index (χ4v) is 3.64. The van der Waals surface area contributed by atoms with E-state index in [0.717, 1.165) is 0 Å². The molecule has 1 aliphatic rings. The van der Waals surface area contributed by atoms with E-state index in [-0.39, 0.29) is 14.9 Å². The van der Waals surface area contributed by atoms with Gasteiger partial charge in [0.25, 0.3) is 6.08 Å². The Bertz CT molecular complexity index is 1190. The summed E-state index contributed by atoms with van der Waals surface area (Å²) in [5.41, 5.74) is 5.36. The van der Waals surface area contributed by atoms with Gasteiger partial charge < -0.3 is 4.74 Å². The number of methoxy groups -OCH3 is 1. The van der Waals surface area contributed by atoms with Crippen molar-refractivity contribution in [1.82, 2.24) is 0 Å². The lowest BCUT2D eigenvalue weighted by Crippen LogP contribution is -2.14. The number of aryl methyl sites for hydroxylation is 3. The minimum absolute atomic E-state index is 0. The molecule has 0 spiro atoms. The molecule has 0 heterocycles. The lowest BCUT2D eigenvalue weighted by molar-refractivity contribution is -0.0947. The summed E-state index contributed by atoms with van der Waals surface area (Å²) in [5.74, 6) is 0. The molecule has 67 heavy (non-hydrogen) atoms. The molecule has 1 saturated carbocycles. The van der Waals surface area contributed by atoms with Crippen LogP contribution in [-0.4, -0.2) is 49.6 Å². The number of halogens is 6. The highest BCUT2D eigenvalue weighted by Crippen LogP contribution is 2.34. The molecule has 0 aromatic heterocycles.